The van der Waals surface area contributed by atoms with Crippen LogP contribution < -0.4 is 5.32 Å². The van der Waals surface area contributed by atoms with Gasteiger partial charge >= 0.3 is 0 Å². The van der Waals surface area contributed by atoms with Crippen molar-refractivity contribution in [1.82, 2.24) is 9.88 Å². The largest absolute Gasteiger partial charge is 0.381 e. The minimum atomic E-state index is 0.689. The van der Waals surface area contributed by atoms with Crippen molar-refractivity contribution in [3.8, 4) is 0 Å². The average molecular weight is 263 g/mol. The van der Waals surface area contributed by atoms with Gasteiger partial charge in [-0.05, 0) is 50.4 Å². The first-order valence-electron chi connectivity index (χ1n) is 7.23. The summed E-state index contributed by atoms with van der Waals surface area (Å²) < 4.78 is 5.54. The van der Waals surface area contributed by atoms with Gasteiger partial charge in [0.2, 0.25) is 0 Å². The van der Waals surface area contributed by atoms with Gasteiger partial charge in [0.25, 0.3) is 0 Å². The topological polar surface area (TPSA) is 37.4 Å². The number of ether oxygens (including phenoxy) is 1. The van der Waals surface area contributed by atoms with Crippen molar-refractivity contribution in [2.45, 2.75) is 26.3 Å². The fourth-order valence-corrected chi connectivity index (χ4v) is 2.62. The van der Waals surface area contributed by atoms with Gasteiger partial charge in [0, 0.05) is 32.4 Å². The lowest BCUT2D eigenvalue weighted by atomic mass is 10.0. The molecule has 1 atom stereocenters. The monoisotopic (exact) mass is 263 g/mol. The van der Waals surface area contributed by atoms with Crippen molar-refractivity contribution in [3.05, 3.63) is 23.9 Å². The molecule has 106 valence electrons. The molecular weight excluding hydrogens is 238 g/mol. The molecule has 0 aliphatic carbocycles. The lowest BCUT2D eigenvalue weighted by Crippen LogP contribution is -2.30. The third-order valence-electron chi connectivity index (χ3n) is 3.46. The SMILES string of the molecule is CCNc1cc(CN(C)CC2CCCOC2)ccn1. The maximum Gasteiger partial charge on any atom is 0.126 e. The number of anilines is 1. The highest BCUT2D eigenvalue weighted by molar-refractivity contribution is 5.37. The van der Waals surface area contributed by atoms with Crippen LogP contribution in [0.4, 0.5) is 5.82 Å². The first-order chi connectivity index (χ1) is 9.28. The van der Waals surface area contributed by atoms with E-state index in [1.54, 1.807) is 0 Å². The van der Waals surface area contributed by atoms with Gasteiger partial charge in [-0.15, -0.1) is 0 Å². The fourth-order valence-electron chi connectivity index (χ4n) is 2.62. The molecule has 19 heavy (non-hydrogen) atoms. The van der Waals surface area contributed by atoms with Crippen LogP contribution in [0.15, 0.2) is 18.3 Å². The molecular formula is C15H25N3O. The zero-order valence-electron chi connectivity index (χ0n) is 12.1. The van der Waals surface area contributed by atoms with Crippen molar-refractivity contribution in [2.75, 3.05) is 38.7 Å². The van der Waals surface area contributed by atoms with Crippen LogP contribution in [0.3, 0.4) is 0 Å². The summed E-state index contributed by atoms with van der Waals surface area (Å²) in [4.78, 5) is 6.68. The molecule has 1 aromatic heterocycles. The molecule has 4 nitrogen and oxygen atoms in total. The number of pyridine rings is 1. The Morgan fingerprint density at radius 1 is 1.53 bits per heavy atom. The molecule has 0 bridgehead atoms. The molecule has 1 aliphatic rings. The summed E-state index contributed by atoms with van der Waals surface area (Å²) in [5.41, 5.74) is 1.31. The number of hydrogen-bond acceptors (Lipinski definition) is 4. The number of hydrogen-bond donors (Lipinski definition) is 1. The van der Waals surface area contributed by atoms with E-state index >= 15 is 0 Å². The van der Waals surface area contributed by atoms with Crippen LogP contribution in [-0.4, -0.2) is 43.2 Å². The Bertz CT molecular complexity index is 377. The Labute approximate surface area is 116 Å². The van der Waals surface area contributed by atoms with Gasteiger partial charge < -0.3 is 15.0 Å². The average Bonchev–Trinajstić information content (AvgIpc) is 2.40. The zero-order chi connectivity index (χ0) is 13.5. The van der Waals surface area contributed by atoms with Crippen molar-refractivity contribution >= 4 is 5.82 Å². The van der Waals surface area contributed by atoms with Crippen LogP contribution in [0, 0.1) is 5.92 Å². The summed E-state index contributed by atoms with van der Waals surface area (Å²) in [6, 6.07) is 4.23. The molecule has 1 saturated heterocycles. The van der Waals surface area contributed by atoms with Gasteiger partial charge in [-0.25, -0.2) is 4.98 Å². The van der Waals surface area contributed by atoms with Gasteiger partial charge in [-0.2, -0.15) is 0 Å². The van der Waals surface area contributed by atoms with Crippen LogP contribution in [0.2, 0.25) is 0 Å². The number of aromatic nitrogens is 1. The molecule has 0 radical (unpaired) electrons. The first kappa shape index (κ1) is 14.3. The van der Waals surface area contributed by atoms with Gasteiger partial charge in [-0.3, -0.25) is 0 Å². The van der Waals surface area contributed by atoms with Crippen molar-refractivity contribution < 1.29 is 4.74 Å². The third kappa shape index (κ3) is 4.80. The van der Waals surface area contributed by atoms with Crippen LogP contribution >= 0.6 is 0 Å². The Balaban J connectivity index is 1.83. The fraction of sp³-hybridized carbons (Fsp3) is 0.667. The molecule has 0 aromatic carbocycles. The van der Waals surface area contributed by atoms with Gasteiger partial charge in [0.15, 0.2) is 0 Å². The first-order valence-corrected chi connectivity index (χ1v) is 7.23. The third-order valence-corrected chi connectivity index (χ3v) is 3.46. The van der Waals surface area contributed by atoms with E-state index in [1.165, 1.54) is 18.4 Å². The highest BCUT2D eigenvalue weighted by atomic mass is 16.5. The standard InChI is InChI=1S/C15H25N3O/c1-3-16-15-9-13(6-7-17-15)10-18(2)11-14-5-4-8-19-12-14/h6-7,9,14H,3-5,8,10-12H2,1-2H3,(H,16,17). The lowest BCUT2D eigenvalue weighted by Gasteiger charge is -2.27. The molecule has 0 amide bonds. The normalized spacial score (nSPS) is 19.6. The van der Waals surface area contributed by atoms with E-state index in [2.05, 4.69) is 41.3 Å². The molecule has 0 spiro atoms. The van der Waals surface area contributed by atoms with E-state index in [9.17, 15) is 0 Å². The molecule has 2 heterocycles. The van der Waals surface area contributed by atoms with Crippen LogP contribution in [-0.2, 0) is 11.3 Å². The van der Waals surface area contributed by atoms with Crippen LogP contribution in [0.25, 0.3) is 0 Å². The Morgan fingerprint density at radius 2 is 2.42 bits per heavy atom. The summed E-state index contributed by atoms with van der Waals surface area (Å²) in [5.74, 6) is 1.66. The Morgan fingerprint density at radius 3 is 3.16 bits per heavy atom. The minimum absolute atomic E-state index is 0.689. The van der Waals surface area contributed by atoms with Gasteiger partial charge in [-0.1, -0.05) is 0 Å². The van der Waals surface area contributed by atoms with Gasteiger partial charge in [0.1, 0.15) is 5.82 Å². The summed E-state index contributed by atoms with van der Waals surface area (Å²) in [5, 5.41) is 3.25. The van der Waals surface area contributed by atoms with E-state index in [4.69, 9.17) is 4.74 Å². The quantitative estimate of drug-likeness (QED) is 0.855. The molecule has 0 saturated carbocycles. The van der Waals surface area contributed by atoms with E-state index in [1.807, 2.05) is 6.20 Å². The molecule has 1 fully saturated rings. The van der Waals surface area contributed by atoms with E-state index < -0.39 is 0 Å². The highest BCUT2D eigenvalue weighted by Gasteiger charge is 2.15. The smallest absolute Gasteiger partial charge is 0.126 e. The van der Waals surface area contributed by atoms with Crippen molar-refractivity contribution in [2.24, 2.45) is 5.92 Å². The summed E-state index contributed by atoms with van der Waals surface area (Å²) in [6.45, 7) is 6.94. The molecule has 1 aromatic rings. The van der Waals surface area contributed by atoms with E-state index in [0.717, 1.165) is 38.7 Å². The van der Waals surface area contributed by atoms with Crippen LogP contribution in [0.1, 0.15) is 25.3 Å². The van der Waals surface area contributed by atoms with E-state index in [0.29, 0.717) is 5.92 Å². The summed E-state index contributed by atoms with van der Waals surface area (Å²) >= 11 is 0. The van der Waals surface area contributed by atoms with Crippen molar-refractivity contribution in [3.63, 3.8) is 0 Å². The summed E-state index contributed by atoms with van der Waals surface area (Å²) in [7, 11) is 2.18. The minimum Gasteiger partial charge on any atom is -0.381 e. The number of nitrogens with one attached hydrogen (secondary N) is 1. The maximum atomic E-state index is 5.54. The van der Waals surface area contributed by atoms with Crippen LogP contribution in [0.5, 0.6) is 0 Å². The second kappa shape index (κ2) is 7.46. The van der Waals surface area contributed by atoms with Gasteiger partial charge in [0.05, 0.1) is 6.61 Å². The molecule has 1 aliphatic heterocycles. The highest BCUT2D eigenvalue weighted by Crippen LogP contribution is 2.16. The molecule has 1 N–H and O–H groups in total. The second-order valence-electron chi connectivity index (χ2n) is 5.36. The lowest BCUT2D eigenvalue weighted by molar-refractivity contribution is 0.0411. The predicted molar refractivity (Wildman–Crippen MR) is 78.3 cm³/mol. The predicted octanol–water partition coefficient (Wildman–Crippen LogP) is 2.37. The zero-order valence-corrected chi connectivity index (χ0v) is 12.1. The molecule has 4 heteroatoms. The molecule has 1 unspecified atom stereocenters. The maximum absolute atomic E-state index is 5.54. The Hall–Kier alpha value is -1.13. The number of rotatable bonds is 6. The Kier molecular flexibility index (Phi) is 5.61. The summed E-state index contributed by atoms with van der Waals surface area (Å²) in [6.07, 6.45) is 4.38. The second-order valence-corrected chi connectivity index (χ2v) is 5.36. The van der Waals surface area contributed by atoms with E-state index in [-0.39, 0.29) is 0 Å². The molecule has 2 rings (SSSR count). The van der Waals surface area contributed by atoms with Crippen molar-refractivity contribution in [1.29, 1.82) is 0 Å². The number of nitrogens with zero attached hydrogens (tertiary/aromatic N) is 2.